The number of rotatable bonds is 1. The van der Waals surface area contributed by atoms with E-state index in [0.717, 1.165) is 21.9 Å². The Morgan fingerprint density at radius 1 is 0.542 bits per heavy atom. The van der Waals surface area contributed by atoms with Crippen molar-refractivity contribution in [2.75, 3.05) is 0 Å². The molecule has 0 heterocycles. The smallest absolute Gasteiger partial charge is 0.234 e. The zero-order chi connectivity index (χ0) is 16.3. The van der Waals surface area contributed by atoms with Crippen LogP contribution in [0, 0.1) is 0 Å². The number of carbonyl (C=O) groups excluding carboxylic acids is 2. The Morgan fingerprint density at radius 2 is 1.25 bits per heavy atom. The van der Waals surface area contributed by atoms with Crippen LogP contribution in [0.25, 0.3) is 32.7 Å². The second-order valence-electron chi connectivity index (χ2n) is 6.11. The van der Waals surface area contributed by atoms with Crippen LogP contribution in [-0.4, -0.2) is 11.6 Å². The van der Waals surface area contributed by atoms with Gasteiger partial charge in [-0.05, 0) is 39.4 Å². The SMILES string of the molecule is O=C1C(=O)c2ccc(-c3ccc4ccccc4c3)c3cccc1c23. The highest BCUT2D eigenvalue weighted by atomic mass is 16.2. The number of fused-ring (bicyclic) bond motifs is 1. The first kappa shape index (κ1) is 13.2. The topological polar surface area (TPSA) is 34.1 Å². The van der Waals surface area contributed by atoms with Crippen LogP contribution in [0.15, 0.2) is 72.8 Å². The fraction of sp³-hybridized carbons (Fsp3) is 0. The quantitative estimate of drug-likeness (QED) is 0.462. The lowest BCUT2D eigenvalue weighted by atomic mass is 9.94. The Bertz CT molecular complexity index is 1160. The largest absolute Gasteiger partial charge is 0.285 e. The van der Waals surface area contributed by atoms with Gasteiger partial charge in [-0.3, -0.25) is 9.59 Å². The standard InChI is InChI=1S/C22H12O2/c23-21-18-7-3-6-17-16(10-11-19(20(17)18)22(21)24)15-9-8-13-4-1-2-5-14(13)12-15/h1-12H. The van der Waals surface area contributed by atoms with Crippen LogP contribution in [-0.2, 0) is 0 Å². The van der Waals surface area contributed by atoms with Gasteiger partial charge >= 0.3 is 0 Å². The fourth-order valence-corrected chi connectivity index (χ4v) is 3.64. The maximum Gasteiger partial charge on any atom is 0.234 e. The monoisotopic (exact) mass is 308 g/mol. The first-order chi connectivity index (χ1) is 11.7. The molecule has 0 bridgehead atoms. The Hall–Kier alpha value is -3.26. The first-order valence-corrected chi connectivity index (χ1v) is 7.88. The summed E-state index contributed by atoms with van der Waals surface area (Å²) in [5.41, 5.74) is 3.18. The molecule has 5 rings (SSSR count). The highest BCUT2D eigenvalue weighted by Gasteiger charge is 2.31. The summed E-state index contributed by atoms with van der Waals surface area (Å²) in [6.07, 6.45) is 0. The van der Waals surface area contributed by atoms with Crippen molar-refractivity contribution in [1.29, 1.82) is 0 Å². The van der Waals surface area contributed by atoms with Crippen LogP contribution >= 0.6 is 0 Å². The second kappa shape index (κ2) is 4.62. The van der Waals surface area contributed by atoms with Gasteiger partial charge in [0, 0.05) is 16.5 Å². The van der Waals surface area contributed by atoms with E-state index in [2.05, 4.69) is 30.3 Å². The second-order valence-corrected chi connectivity index (χ2v) is 6.11. The normalized spacial score (nSPS) is 13.2. The van der Waals surface area contributed by atoms with E-state index in [0.29, 0.717) is 11.1 Å². The van der Waals surface area contributed by atoms with Gasteiger partial charge in [0.05, 0.1) is 0 Å². The summed E-state index contributed by atoms with van der Waals surface area (Å²) >= 11 is 0. The van der Waals surface area contributed by atoms with E-state index in [-0.39, 0.29) is 0 Å². The summed E-state index contributed by atoms with van der Waals surface area (Å²) in [5, 5.41) is 4.11. The van der Waals surface area contributed by atoms with Crippen molar-refractivity contribution in [3.8, 4) is 11.1 Å². The van der Waals surface area contributed by atoms with Crippen molar-refractivity contribution in [2.45, 2.75) is 0 Å². The van der Waals surface area contributed by atoms with E-state index in [1.807, 2.05) is 30.3 Å². The molecule has 4 aromatic rings. The van der Waals surface area contributed by atoms with Crippen molar-refractivity contribution in [2.24, 2.45) is 0 Å². The summed E-state index contributed by atoms with van der Waals surface area (Å²) in [6, 6.07) is 23.9. The third-order valence-corrected chi connectivity index (χ3v) is 4.80. The molecule has 1 aliphatic carbocycles. The van der Waals surface area contributed by atoms with Crippen LogP contribution in [0.1, 0.15) is 20.7 Å². The van der Waals surface area contributed by atoms with Crippen LogP contribution in [0.4, 0.5) is 0 Å². The highest BCUT2D eigenvalue weighted by molar-refractivity contribution is 6.57. The molecule has 4 aromatic carbocycles. The molecule has 0 amide bonds. The van der Waals surface area contributed by atoms with Gasteiger partial charge in [-0.2, -0.15) is 0 Å². The van der Waals surface area contributed by atoms with Gasteiger partial charge in [0.15, 0.2) is 0 Å². The van der Waals surface area contributed by atoms with Gasteiger partial charge in [-0.15, -0.1) is 0 Å². The third-order valence-electron chi connectivity index (χ3n) is 4.80. The number of carbonyl (C=O) groups is 2. The minimum absolute atomic E-state index is 0.397. The van der Waals surface area contributed by atoms with Crippen molar-refractivity contribution in [3.63, 3.8) is 0 Å². The summed E-state index contributed by atoms with van der Waals surface area (Å²) in [6.45, 7) is 0. The maximum atomic E-state index is 12.2. The Kier molecular flexibility index (Phi) is 2.54. The van der Waals surface area contributed by atoms with E-state index in [9.17, 15) is 9.59 Å². The molecule has 0 fully saturated rings. The lowest BCUT2D eigenvalue weighted by Crippen LogP contribution is -2.05. The molecular weight excluding hydrogens is 296 g/mol. The zero-order valence-corrected chi connectivity index (χ0v) is 12.7. The molecule has 0 N–H and O–H groups in total. The van der Waals surface area contributed by atoms with E-state index >= 15 is 0 Å². The van der Waals surface area contributed by atoms with Crippen LogP contribution in [0.3, 0.4) is 0 Å². The molecule has 1 aliphatic rings. The maximum absolute atomic E-state index is 12.2. The summed E-state index contributed by atoms with van der Waals surface area (Å²) in [5.74, 6) is -0.794. The van der Waals surface area contributed by atoms with Crippen LogP contribution < -0.4 is 0 Å². The van der Waals surface area contributed by atoms with Crippen molar-refractivity contribution < 1.29 is 9.59 Å². The molecule has 0 atom stereocenters. The summed E-state index contributed by atoms with van der Waals surface area (Å²) < 4.78 is 0. The van der Waals surface area contributed by atoms with E-state index < -0.39 is 11.6 Å². The van der Waals surface area contributed by atoms with Gasteiger partial charge in [0.2, 0.25) is 11.6 Å². The fourth-order valence-electron chi connectivity index (χ4n) is 3.64. The lowest BCUT2D eigenvalue weighted by Gasteiger charge is -2.09. The molecule has 0 aromatic heterocycles. The molecular formula is C22H12O2. The van der Waals surface area contributed by atoms with E-state index in [1.54, 1.807) is 12.1 Å². The van der Waals surface area contributed by atoms with E-state index in [1.165, 1.54) is 10.8 Å². The number of Topliss-reactive ketones (excluding diaryl/α,β-unsaturated/α-hetero) is 2. The molecule has 0 saturated carbocycles. The Balaban J connectivity index is 1.85. The first-order valence-electron chi connectivity index (χ1n) is 7.88. The molecule has 24 heavy (non-hydrogen) atoms. The average molecular weight is 308 g/mol. The van der Waals surface area contributed by atoms with Crippen molar-refractivity contribution in [3.05, 3.63) is 83.9 Å². The molecule has 2 nitrogen and oxygen atoms in total. The molecule has 0 aliphatic heterocycles. The van der Waals surface area contributed by atoms with Gasteiger partial charge < -0.3 is 0 Å². The molecule has 112 valence electrons. The number of benzene rings is 4. The number of ketones is 2. The third kappa shape index (κ3) is 1.65. The Morgan fingerprint density at radius 3 is 2.08 bits per heavy atom. The Labute approximate surface area is 138 Å². The zero-order valence-electron chi connectivity index (χ0n) is 12.7. The van der Waals surface area contributed by atoms with Crippen LogP contribution in [0.5, 0.6) is 0 Å². The predicted molar refractivity (Wildman–Crippen MR) is 95.6 cm³/mol. The summed E-state index contributed by atoms with van der Waals surface area (Å²) in [7, 11) is 0. The van der Waals surface area contributed by atoms with Crippen LogP contribution in [0.2, 0.25) is 0 Å². The molecule has 0 spiro atoms. The lowest BCUT2D eigenvalue weighted by molar-refractivity contribution is 0.0825. The average Bonchev–Trinajstić information content (AvgIpc) is 2.88. The minimum atomic E-state index is -0.397. The van der Waals surface area contributed by atoms with E-state index in [4.69, 9.17) is 0 Å². The molecule has 2 heteroatoms. The molecule has 0 saturated heterocycles. The molecule has 0 radical (unpaired) electrons. The number of hydrogen-bond donors (Lipinski definition) is 0. The van der Waals surface area contributed by atoms with Gasteiger partial charge in [0.25, 0.3) is 0 Å². The highest BCUT2D eigenvalue weighted by Crippen LogP contribution is 2.37. The number of hydrogen-bond acceptors (Lipinski definition) is 2. The summed E-state index contributed by atoms with van der Waals surface area (Å²) in [4.78, 5) is 24.3. The van der Waals surface area contributed by atoms with Crippen molar-refractivity contribution in [1.82, 2.24) is 0 Å². The minimum Gasteiger partial charge on any atom is -0.285 e. The van der Waals surface area contributed by atoms with Gasteiger partial charge in [-0.25, -0.2) is 0 Å². The van der Waals surface area contributed by atoms with Gasteiger partial charge in [0.1, 0.15) is 0 Å². The van der Waals surface area contributed by atoms with Gasteiger partial charge in [-0.1, -0.05) is 60.7 Å². The predicted octanol–water partition coefficient (Wildman–Crippen LogP) is 5.04. The van der Waals surface area contributed by atoms with Crippen molar-refractivity contribution >= 4 is 33.1 Å². The molecule has 0 unspecified atom stereocenters.